The summed E-state index contributed by atoms with van der Waals surface area (Å²) in [6.07, 6.45) is 0.917. The van der Waals surface area contributed by atoms with Gasteiger partial charge in [0.05, 0.1) is 26.1 Å². The predicted octanol–water partition coefficient (Wildman–Crippen LogP) is 2.99. The first-order valence-corrected chi connectivity index (χ1v) is 8.44. The zero-order valence-corrected chi connectivity index (χ0v) is 14.6. The van der Waals surface area contributed by atoms with E-state index in [0.717, 1.165) is 11.7 Å². The van der Waals surface area contributed by atoms with Gasteiger partial charge in [-0.1, -0.05) is 37.3 Å². The summed E-state index contributed by atoms with van der Waals surface area (Å²) in [5.74, 6) is 1.90. The van der Waals surface area contributed by atoms with E-state index in [1.165, 1.54) is 0 Å². The average Bonchev–Trinajstić information content (AvgIpc) is 2.61. The molecule has 2 rings (SSSR count). The SMILES string of the molecule is CCCOc1cc(OC)c(PC(=O)c2ccccc2)c(OC)c1.[LiH]. The summed E-state index contributed by atoms with van der Waals surface area (Å²) in [7, 11) is 3.09. The molecule has 0 radical (unpaired) electrons. The Morgan fingerprint density at radius 2 is 1.62 bits per heavy atom. The molecule has 4 nitrogen and oxygen atoms in total. The first-order valence-electron chi connectivity index (χ1n) is 7.44. The minimum atomic E-state index is -0.0788. The fraction of sp³-hybridized carbons (Fsp3) is 0.278. The summed E-state index contributed by atoms with van der Waals surface area (Å²) >= 11 is 0. The third-order valence-corrected chi connectivity index (χ3v) is 4.49. The molecule has 0 saturated carbocycles. The van der Waals surface area contributed by atoms with Crippen LogP contribution in [0, 0.1) is 0 Å². The topological polar surface area (TPSA) is 44.8 Å². The van der Waals surface area contributed by atoms with Crippen molar-refractivity contribution in [2.75, 3.05) is 20.8 Å². The number of carbonyl (C=O) groups excluding carboxylic acids is 1. The van der Waals surface area contributed by atoms with Gasteiger partial charge in [-0.05, 0) is 15.0 Å². The van der Waals surface area contributed by atoms with Gasteiger partial charge < -0.3 is 14.2 Å². The van der Waals surface area contributed by atoms with Crippen LogP contribution in [0.5, 0.6) is 17.2 Å². The predicted molar refractivity (Wildman–Crippen MR) is 101 cm³/mol. The Labute approximate surface area is 156 Å². The Morgan fingerprint density at radius 1 is 1.04 bits per heavy atom. The molecule has 1 unspecified atom stereocenters. The molecule has 0 spiro atoms. The molecule has 0 aliphatic carbocycles. The zero-order valence-electron chi connectivity index (χ0n) is 13.6. The van der Waals surface area contributed by atoms with Crippen LogP contribution in [0.15, 0.2) is 42.5 Å². The van der Waals surface area contributed by atoms with Crippen LogP contribution in [-0.2, 0) is 0 Å². The van der Waals surface area contributed by atoms with Crippen molar-refractivity contribution in [1.82, 2.24) is 0 Å². The second-order valence-corrected chi connectivity index (χ2v) is 6.08. The monoisotopic (exact) mass is 340 g/mol. The van der Waals surface area contributed by atoms with E-state index >= 15 is 0 Å². The fourth-order valence-electron chi connectivity index (χ4n) is 2.09. The van der Waals surface area contributed by atoms with Gasteiger partial charge in [-0.2, -0.15) is 0 Å². The van der Waals surface area contributed by atoms with Crippen LogP contribution in [-0.4, -0.2) is 45.2 Å². The summed E-state index contributed by atoms with van der Waals surface area (Å²) < 4.78 is 16.5. The van der Waals surface area contributed by atoms with Gasteiger partial charge >= 0.3 is 18.9 Å². The average molecular weight is 340 g/mol. The molecule has 24 heavy (non-hydrogen) atoms. The van der Waals surface area contributed by atoms with Gasteiger partial charge in [0.25, 0.3) is 0 Å². The van der Waals surface area contributed by atoms with Crippen molar-refractivity contribution in [3.8, 4) is 17.2 Å². The van der Waals surface area contributed by atoms with Crippen molar-refractivity contribution in [3.05, 3.63) is 48.0 Å². The van der Waals surface area contributed by atoms with Crippen LogP contribution in [0.25, 0.3) is 0 Å². The summed E-state index contributed by atoms with van der Waals surface area (Å²) in [6, 6.07) is 12.8. The summed E-state index contributed by atoms with van der Waals surface area (Å²) in [4.78, 5) is 12.5. The van der Waals surface area contributed by atoms with Gasteiger partial charge in [0, 0.05) is 17.7 Å². The molecular formula is C18H22LiO4P. The van der Waals surface area contributed by atoms with E-state index in [1.807, 2.05) is 37.3 Å². The van der Waals surface area contributed by atoms with E-state index in [2.05, 4.69) is 0 Å². The van der Waals surface area contributed by atoms with E-state index in [9.17, 15) is 4.79 Å². The van der Waals surface area contributed by atoms with Crippen molar-refractivity contribution < 1.29 is 19.0 Å². The maximum absolute atomic E-state index is 12.5. The molecular weight excluding hydrogens is 318 g/mol. The van der Waals surface area contributed by atoms with E-state index < -0.39 is 0 Å². The quantitative estimate of drug-likeness (QED) is 0.547. The molecule has 6 heteroatoms. The third kappa shape index (κ3) is 5.28. The second kappa shape index (κ2) is 10.4. The van der Waals surface area contributed by atoms with Gasteiger partial charge in [-0.25, -0.2) is 0 Å². The van der Waals surface area contributed by atoms with Crippen LogP contribution >= 0.6 is 8.58 Å². The number of hydrogen-bond acceptors (Lipinski definition) is 4. The Balaban J connectivity index is 0.00000288. The molecule has 0 aromatic heterocycles. The van der Waals surface area contributed by atoms with Crippen molar-refractivity contribution in [2.24, 2.45) is 0 Å². The molecule has 2 aromatic rings. The van der Waals surface area contributed by atoms with Crippen LogP contribution in [0.3, 0.4) is 0 Å². The van der Waals surface area contributed by atoms with Crippen LogP contribution in [0.2, 0.25) is 0 Å². The van der Waals surface area contributed by atoms with E-state index in [4.69, 9.17) is 14.2 Å². The Bertz CT molecular complexity index is 636. The number of hydrogen-bond donors (Lipinski definition) is 0. The first-order chi connectivity index (χ1) is 11.2. The van der Waals surface area contributed by atoms with E-state index in [0.29, 0.717) is 29.4 Å². The molecule has 0 amide bonds. The molecule has 2 aromatic carbocycles. The molecule has 0 saturated heterocycles. The molecule has 0 fully saturated rings. The van der Waals surface area contributed by atoms with Crippen molar-refractivity contribution in [3.63, 3.8) is 0 Å². The molecule has 0 aliphatic rings. The van der Waals surface area contributed by atoms with Crippen LogP contribution < -0.4 is 19.5 Å². The summed E-state index contributed by atoms with van der Waals surface area (Å²) in [5.41, 5.74) is 0.727. The Hall–Kier alpha value is -1.46. The Kier molecular flexibility index (Phi) is 8.93. The minimum absolute atomic E-state index is 0. The van der Waals surface area contributed by atoms with Gasteiger partial charge in [0.15, 0.2) is 5.52 Å². The van der Waals surface area contributed by atoms with E-state index in [1.54, 1.807) is 26.4 Å². The number of benzene rings is 2. The molecule has 0 bridgehead atoms. The Morgan fingerprint density at radius 3 is 2.12 bits per heavy atom. The number of carbonyl (C=O) groups is 1. The second-order valence-electron chi connectivity index (χ2n) is 4.87. The van der Waals surface area contributed by atoms with Gasteiger partial charge in [0.2, 0.25) is 0 Å². The van der Waals surface area contributed by atoms with Crippen molar-refractivity contribution >= 4 is 38.3 Å². The van der Waals surface area contributed by atoms with Crippen LogP contribution in [0.1, 0.15) is 23.7 Å². The first kappa shape index (κ1) is 20.6. The van der Waals surface area contributed by atoms with Crippen molar-refractivity contribution in [1.29, 1.82) is 0 Å². The number of methoxy groups -OCH3 is 2. The molecule has 124 valence electrons. The maximum atomic E-state index is 12.5. The molecule has 0 N–H and O–H groups in total. The normalized spacial score (nSPS) is 10.3. The van der Waals surface area contributed by atoms with E-state index in [-0.39, 0.29) is 33.0 Å². The third-order valence-electron chi connectivity index (χ3n) is 3.23. The van der Waals surface area contributed by atoms with Crippen LogP contribution in [0.4, 0.5) is 0 Å². The van der Waals surface area contributed by atoms with Gasteiger partial charge in [-0.3, -0.25) is 4.79 Å². The van der Waals surface area contributed by atoms with Crippen molar-refractivity contribution in [2.45, 2.75) is 13.3 Å². The van der Waals surface area contributed by atoms with Gasteiger partial charge in [-0.15, -0.1) is 0 Å². The summed E-state index contributed by atoms with van der Waals surface area (Å²) in [5, 5.41) is 0.757. The molecule has 0 heterocycles. The zero-order chi connectivity index (χ0) is 16.7. The molecule has 1 atom stereocenters. The number of rotatable bonds is 8. The summed E-state index contributed by atoms with van der Waals surface area (Å²) in [6.45, 7) is 2.67. The van der Waals surface area contributed by atoms with Gasteiger partial charge in [0.1, 0.15) is 17.2 Å². The standard InChI is InChI=1S/C18H21O4P.Li.H/c1-4-10-22-14-11-15(20-2)17(16(12-14)21-3)23-18(19)13-8-6-5-7-9-13;;/h5-9,11-12,23H,4,10H2,1-3H3;;. The number of ether oxygens (including phenoxy) is 3. The molecule has 0 aliphatic heterocycles. The fourth-order valence-corrected chi connectivity index (χ4v) is 3.22.